The van der Waals surface area contributed by atoms with Crippen molar-refractivity contribution in [3.8, 4) is 11.5 Å². The van der Waals surface area contributed by atoms with Crippen LogP contribution in [0.3, 0.4) is 0 Å². The fourth-order valence-electron chi connectivity index (χ4n) is 2.37. The Morgan fingerprint density at radius 1 is 1.24 bits per heavy atom. The topological polar surface area (TPSA) is 79.5 Å². The quantitative estimate of drug-likeness (QED) is 0.939. The molecule has 21 heavy (non-hydrogen) atoms. The number of halogens is 1. The van der Waals surface area contributed by atoms with Gasteiger partial charge in [0.1, 0.15) is 0 Å². The standard InChI is InChI=1S/C14H14ClN3O3/c15-11-3-1-9(2-4-11)12-16-17-14(21-12)18-7-5-10(6-8-18)13(19)20/h1-4,10H,5-8H2,(H,19,20). The molecule has 6 nitrogen and oxygen atoms in total. The van der Waals surface area contributed by atoms with E-state index in [1.165, 1.54) is 0 Å². The van der Waals surface area contributed by atoms with Gasteiger partial charge in [0, 0.05) is 23.7 Å². The van der Waals surface area contributed by atoms with Gasteiger partial charge in [0.05, 0.1) is 5.92 Å². The van der Waals surface area contributed by atoms with Gasteiger partial charge in [0.2, 0.25) is 5.89 Å². The van der Waals surface area contributed by atoms with Crippen molar-refractivity contribution in [2.45, 2.75) is 12.8 Å². The number of hydrogen-bond donors (Lipinski definition) is 1. The van der Waals surface area contributed by atoms with Crippen molar-refractivity contribution in [3.63, 3.8) is 0 Å². The third-order valence-corrected chi connectivity index (χ3v) is 3.87. The van der Waals surface area contributed by atoms with Gasteiger partial charge in [-0.1, -0.05) is 16.7 Å². The molecular weight excluding hydrogens is 294 g/mol. The lowest BCUT2D eigenvalue weighted by molar-refractivity contribution is -0.142. The van der Waals surface area contributed by atoms with E-state index in [1.807, 2.05) is 17.0 Å². The van der Waals surface area contributed by atoms with Crippen LogP contribution in [0, 0.1) is 5.92 Å². The minimum atomic E-state index is -0.734. The number of carbonyl (C=O) groups is 1. The largest absolute Gasteiger partial charge is 0.481 e. The van der Waals surface area contributed by atoms with Gasteiger partial charge in [-0.2, -0.15) is 0 Å². The second kappa shape index (κ2) is 5.73. The Bertz CT molecular complexity index is 633. The van der Waals surface area contributed by atoms with Gasteiger partial charge in [-0.3, -0.25) is 4.79 Å². The van der Waals surface area contributed by atoms with E-state index in [2.05, 4.69) is 10.2 Å². The van der Waals surface area contributed by atoms with E-state index < -0.39 is 5.97 Å². The van der Waals surface area contributed by atoms with Gasteiger partial charge in [0.25, 0.3) is 0 Å². The average molecular weight is 308 g/mol. The van der Waals surface area contributed by atoms with Gasteiger partial charge in [-0.05, 0) is 37.1 Å². The number of nitrogens with zero attached hydrogens (tertiary/aromatic N) is 3. The Morgan fingerprint density at radius 2 is 1.90 bits per heavy atom. The number of carboxylic acids is 1. The zero-order chi connectivity index (χ0) is 14.8. The molecule has 1 N–H and O–H groups in total. The number of aliphatic carboxylic acids is 1. The molecule has 0 radical (unpaired) electrons. The molecule has 7 heteroatoms. The number of rotatable bonds is 3. The van der Waals surface area contributed by atoms with Crippen LogP contribution in [0.4, 0.5) is 6.01 Å². The SMILES string of the molecule is O=C(O)C1CCN(c2nnc(-c3ccc(Cl)cc3)o2)CC1. The first-order chi connectivity index (χ1) is 10.1. The predicted octanol–water partition coefficient (Wildman–Crippen LogP) is 2.69. The normalized spacial score (nSPS) is 16.1. The van der Waals surface area contributed by atoms with E-state index in [0.717, 1.165) is 5.56 Å². The molecule has 1 fully saturated rings. The molecule has 1 aliphatic heterocycles. The van der Waals surface area contributed by atoms with Crippen LogP contribution in [0.2, 0.25) is 5.02 Å². The number of anilines is 1. The van der Waals surface area contributed by atoms with E-state index in [-0.39, 0.29) is 5.92 Å². The smallest absolute Gasteiger partial charge is 0.318 e. The number of carboxylic acid groups (broad SMARTS) is 1. The van der Waals surface area contributed by atoms with Crippen LogP contribution in [-0.2, 0) is 4.79 Å². The van der Waals surface area contributed by atoms with Crippen molar-refractivity contribution in [2.24, 2.45) is 5.92 Å². The van der Waals surface area contributed by atoms with Crippen LogP contribution < -0.4 is 4.90 Å². The van der Waals surface area contributed by atoms with E-state index in [9.17, 15) is 4.79 Å². The van der Waals surface area contributed by atoms with Gasteiger partial charge < -0.3 is 14.4 Å². The Balaban J connectivity index is 1.71. The lowest BCUT2D eigenvalue weighted by Gasteiger charge is -2.28. The van der Waals surface area contributed by atoms with Crippen molar-refractivity contribution >= 4 is 23.6 Å². The molecule has 2 heterocycles. The van der Waals surface area contributed by atoms with Crippen LogP contribution in [-0.4, -0.2) is 34.4 Å². The van der Waals surface area contributed by atoms with Crippen LogP contribution in [0.1, 0.15) is 12.8 Å². The van der Waals surface area contributed by atoms with Crippen LogP contribution in [0.5, 0.6) is 0 Å². The average Bonchev–Trinajstić information content (AvgIpc) is 2.98. The maximum absolute atomic E-state index is 10.9. The summed E-state index contributed by atoms with van der Waals surface area (Å²) in [6.45, 7) is 1.22. The van der Waals surface area contributed by atoms with Crippen molar-refractivity contribution in [3.05, 3.63) is 29.3 Å². The highest BCUT2D eigenvalue weighted by Gasteiger charge is 2.27. The molecule has 0 bridgehead atoms. The predicted molar refractivity (Wildman–Crippen MR) is 77.3 cm³/mol. The molecule has 3 rings (SSSR count). The third-order valence-electron chi connectivity index (χ3n) is 3.62. The Hall–Kier alpha value is -2.08. The summed E-state index contributed by atoms with van der Waals surface area (Å²) < 4.78 is 5.66. The molecule has 110 valence electrons. The molecule has 0 aliphatic carbocycles. The lowest BCUT2D eigenvalue weighted by atomic mass is 9.97. The summed E-state index contributed by atoms with van der Waals surface area (Å²) in [6.07, 6.45) is 1.18. The Labute approximate surface area is 126 Å². The van der Waals surface area contributed by atoms with Crippen LogP contribution in [0.25, 0.3) is 11.5 Å². The molecule has 0 saturated carbocycles. The highest BCUT2D eigenvalue weighted by Crippen LogP contribution is 2.26. The van der Waals surface area contributed by atoms with Crippen molar-refractivity contribution < 1.29 is 14.3 Å². The summed E-state index contributed by atoms with van der Waals surface area (Å²) >= 11 is 5.84. The first-order valence-electron chi connectivity index (χ1n) is 6.70. The van der Waals surface area contributed by atoms with Crippen molar-refractivity contribution in [2.75, 3.05) is 18.0 Å². The first-order valence-corrected chi connectivity index (χ1v) is 7.08. The molecule has 0 spiro atoms. The van der Waals surface area contributed by atoms with Gasteiger partial charge in [-0.15, -0.1) is 5.10 Å². The fraction of sp³-hybridized carbons (Fsp3) is 0.357. The van der Waals surface area contributed by atoms with Gasteiger partial charge >= 0.3 is 12.0 Å². The summed E-state index contributed by atoms with van der Waals surface area (Å²) in [4.78, 5) is 12.9. The summed E-state index contributed by atoms with van der Waals surface area (Å²) in [5, 5.41) is 17.7. The first kappa shape index (κ1) is 13.9. The van der Waals surface area contributed by atoms with Gasteiger partial charge in [-0.25, -0.2) is 0 Å². The minimum absolute atomic E-state index is 0.278. The number of aromatic nitrogens is 2. The van der Waals surface area contributed by atoms with Crippen molar-refractivity contribution in [1.82, 2.24) is 10.2 Å². The van der Waals surface area contributed by atoms with E-state index >= 15 is 0 Å². The number of piperidine rings is 1. The molecule has 0 amide bonds. The minimum Gasteiger partial charge on any atom is -0.481 e. The maximum Gasteiger partial charge on any atom is 0.318 e. The lowest BCUT2D eigenvalue weighted by Crippen LogP contribution is -2.36. The molecule has 0 atom stereocenters. The van der Waals surface area contributed by atoms with Crippen LogP contribution in [0.15, 0.2) is 28.7 Å². The van der Waals surface area contributed by atoms with Crippen molar-refractivity contribution in [1.29, 1.82) is 0 Å². The summed E-state index contributed by atoms with van der Waals surface area (Å²) in [7, 11) is 0. The fourth-order valence-corrected chi connectivity index (χ4v) is 2.50. The van der Waals surface area contributed by atoms with Crippen LogP contribution >= 0.6 is 11.6 Å². The zero-order valence-corrected chi connectivity index (χ0v) is 12.0. The van der Waals surface area contributed by atoms with E-state index in [4.69, 9.17) is 21.1 Å². The molecule has 1 aromatic carbocycles. The monoisotopic (exact) mass is 307 g/mol. The van der Waals surface area contributed by atoms with Gasteiger partial charge in [0.15, 0.2) is 0 Å². The Morgan fingerprint density at radius 3 is 2.52 bits per heavy atom. The second-order valence-corrected chi connectivity index (χ2v) is 5.43. The molecule has 1 aromatic heterocycles. The summed E-state index contributed by atoms with van der Waals surface area (Å²) in [5.74, 6) is -0.580. The molecule has 0 unspecified atom stereocenters. The molecule has 1 aliphatic rings. The highest BCUT2D eigenvalue weighted by atomic mass is 35.5. The summed E-state index contributed by atoms with van der Waals surface area (Å²) in [6, 6.07) is 7.59. The zero-order valence-electron chi connectivity index (χ0n) is 11.2. The molecule has 2 aromatic rings. The maximum atomic E-state index is 10.9. The number of benzene rings is 1. The molecule has 1 saturated heterocycles. The highest BCUT2D eigenvalue weighted by molar-refractivity contribution is 6.30. The van der Waals surface area contributed by atoms with E-state index in [0.29, 0.717) is 42.9 Å². The number of hydrogen-bond acceptors (Lipinski definition) is 5. The second-order valence-electron chi connectivity index (χ2n) is 5.00. The molecular formula is C14H14ClN3O3. The Kier molecular flexibility index (Phi) is 3.79. The van der Waals surface area contributed by atoms with E-state index in [1.54, 1.807) is 12.1 Å². The summed E-state index contributed by atoms with van der Waals surface area (Å²) in [5.41, 5.74) is 0.804. The third kappa shape index (κ3) is 3.00.